The number of hydrogen-bond acceptors (Lipinski definition) is 7. The molecule has 1 aromatic heterocycles. The topological polar surface area (TPSA) is 120 Å². The molecule has 1 aliphatic heterocycles. The molecule has 0 aliphatic carbocycles. The average molecular weight is 553 g/mol. The van der Waals surface area contributed by atoms with Gasteiger partial charge in [-0.3, -0.25) is 14.4 Å². The predicted molar refractivity (Wildman–Crippen MR) is 149 cm³/mol. The second-order valence-corrected chi connectivity index (χ2v) is 10.5. The molecule has 39 heavy (non-hydrogen) atoms. The number of rotatable bonds is 8. The number of carbonyl (C=O) groups excluding carboxylic acids is 2. The van der Waals surface area contributed by atoms with E-state index in [0.29, 0.717) is 34.7 Å². The maximum absolute atomic E-state index is 12.6. The van der Waals surface area contributed by atoms with Gasteiger partial charge < -0.3 is 20.1 Å². The maximum atomic E-state index is 12.6. The number of fused-ring (bicyclic) bond motifs is 3. The van der Waals surface area contributed by atoms with E-state index in [0.717, 1.165) is 16.8 Å². The number of nitrogens with one attached hydrogen (secondary N) is 2. The summed E-state index contributed by atoms with van der Waals surface area (Å²) < 4.78 is 13.2. The summed E-state index contributed by atoms with van der Waals surface area (Å²) in [6, 6.07) is 12.5. The molecule has 2 aromatic carbocycles. The summed E-state index contributed by atoms with van der Waals surface area (Å²) in [5.41, 5.74) is 2.55. The molecule has 0 fully saturated rings. The summed E-state index contributed by atoms with van der Waals surface area (Å²) >= 11 is 6.17. The van der Waals surface area contributed by atoms with Gasteiger partial charge in [-0.2, -0.15) is 0 Å². The fraction of sp³-hybridized carbons (Fsp3) is 0.393. The van der Waals surface area contributed by atoms with Crippen molar-refractivity contribution in [2.45, 2.75) is 52.7 Å². The van der Waals surface area contributed by atoms with Crippen LogP contribution in [0.15, 0.2) is 47.5 Å². The molecular formula is C28H33ClN6O4. The number of aromatic nitrogens is 3. The first kappa shape index (κ1) is 28.1. The first-order valence-electron chi connectivity index (χ1n) is 12.8. The minimum Gasteiger partial charge on any atom is -0.492 e. The average Bonchev–Trinajstić information content (AvgIpc) is 3.19. The van der Waals surface area contributed by atoms with E-state index in [1.54, 1.807) is 12.1 Å². The lowest BCUT2D eigenvalue weighted by atomic mass is 10.00. The van der Waals surface area contributed by atoms with Crippen molar-refractivity contribution in [1.82, 2.24) is 25.4 Å². The lowest BCUT2D eigenvalue weighted by Crippen LogP contribution is -2.34. The highest BCUT2D eigenvalue weighted by molar-refractivity contribution is 6.30. The van der Waals surface area contributed by atoms with Gasteiger partial charge in [0.05, 0.1) is 24.4 Å². The summed E-state index contributed by atoms with van der Waals surface area (Å²) in [4.78, 5) is 29.6. The zero-order chi connectivity index (χ0) is 28.2. The number of carbonyl (C=O) groups is 2. The third-order valence-corrected chi connectivity index (χ3v) is 6.06. The van der Waals surface area contributed by atoms with E-state index in [4.69, 9.17) is 26.1 Å². The number of ether oxygens (including phenoxy) is 2. The molecular weight excluding hydrogens is 520 g/mol. The Bertz CT molecular complexity index is 1380. The summed E-state index contributed by atoms with van der Waals surface area (Å²) in [6.07, 6.45) is -0.379. The predicted octanol–water partition coefficient (Wildman–Crippen LogP) is 4.55. The van der Waals surface area contributed by atoms with Gasteiger partial charge in [-0.05, 0) is 65.0 Å². The van der Waals surface area contributed by atoms with Gasteiger partial charge in [0.25, 0.3) is 0 Å². The molecule has 1 aliphatic rings. The van der Waals surface area contributed by atoms with Gasteiger partial charge in [0.2, 0.25) is 5.91 Å². The largest absolute Gasteiger partial charge is 0.492 e. The van der Waals surface area contributed by atoms with Crippen LogP contribution >= 0.6 is 11.6 Å². The van der Waals surface area contributed by atoms with Crippen LogP contribution in [0, 0.1) is 6.92 Å². The molecule has 1 atom stereocenters. The van der Waals surface area contributed by atoms with Crippen LogP contribution in [0.4, 0.5) is 4.79 Å². The van der Waals surface area contributed by atoms with E-state index < -0.39 is 17.7 Å². The van der Waals surface area contributed by atoms with Crippen molar-refractivity contribution < 1.29 is 19.1 Å². The van der Waals surface area contributed by atoms with Crippen molar-refractivity contribution >= 4 is 29.3 Å². The number of halogens is 1. The highest BCUT2D eigenvalue weighted by atomic mass is 35.5. The molecule has 0 bridgehead atoms. The number of alkyl carbamates (subject to hydrolysis) is 1. The normalized spacial score (nSPS) is 14.4. The fourth-order valence-corrected chi connectivity index (χ4v) is 4.35. The molecule has 2 amide bonds. The zero-order valence-corrected chi connectivity index (χ0v) is 23.5. The van der Waals surface area contributed by atoms with Gasteiger partial charge in [0.1, 0.15) is 29.8 Å². The van der Waals surface area contributed by atoms with E-state index in [1.807, 2.05) is 69.5 Å². The highest BCUT2D eigenvalue weighted by Gasteiger charge is 2.30. The van der Waals surface area contributed by atoms with Gasteiger partial charge in [-0.25, -0.2) is 4.79 Å². The molecule has 0 saturated carbocycles. The number of nitrogens with zero attached hydrogens (tertiary/aromatic N) is 4. The van der Waals surface area contributed by atoms with E-state index in [-0.39, 0.29) is 25.5 Å². The second-order valence-electron chi connectivity index (χ2n) is 10.1. The zero-order valence-electron chi connectivity index (χ0n) is 22.7. The molecule has 2 N–H and O–H groups in total. The summed E-state index contributed by atoms with van der Waals surface area (Å²) in [5.74, 6) is 1.73. The SMILES string of the molecule is CCNC(=O)CC1N=C(c2ccc(Cl)cc2)c2cc(OCCNC(=O)OC(C)(C)C)ccc2-n2c(C)nnc21. The van der Waals surface area contributed by atoms with Crippen molar-refractivity contribution in [2.24, 2.45) is 4.99 Å². The Labute approximate surface area is 232 Å². The summed E-state index contributed by atoms with van der Waals surface area (Å²) in [6.45, 7) is 10.2. The number of benzene rings is 2. The Morgan fingerprint density at radius 1 is 1.08 bits per heavy atom. The van der Waals surface area contributed by atoms with Gasteiger partial charge in [-0.1, -0.05) is 23.7 Å². The van der Waals surface area contributed by atoms with E-state index in [2.05, 4.69) is 20.8 Å². The van der Waals surface area contributed by atoms with E-state index in [1.165, 1.54) is 0 Å². The van der Waals surface area contributed by atoms with Crippen molar-refractivity contribution in [2.75, 3.05) is 19.7 Å². The van der Waals surface area contributed by atoms with Crippen molar-refractivity contribution in [1.29, 1.82) is 0 Å². The third-order valence-electron chi connectivity index (χ3n) is 5.81. The Morgan fingerprint density at radius 3 is 2.51 bits per heavy atom. The molecule has 0 radical (unpaired) electrons. The lowest BCUT2D eigenvalue weighted by molar-refractivity contribution is -0.121. The monoisotopic (exact) mass is 552 g/mol. The van der Waals surface area contributed by atoms with Crippen LogP contribution in [0.1, 0.15) is 62.9 Å². The summed E-state index contributed by atoms with van der Waals surface area (Å²) in [5, 5.41) is 14.8. The van der Waals surface area contributed by atoms with Crippen LogP contribution in [0.5, 0.6) is 5.75 Å². The van der Waals surface area contributed by atoms with Crippen molar-refractivity contribution in [3.05, 3.63) is 70.3 Å². The van der Waals surface area contributed by atoms with E-state index >= 15 is 0 Å². The standard InChI is InChI=1S/C28H33ClN6O4/c1-6-30-24(36)16-22-26-34-33-17(2)35(26)23-12-11-20(38-14-13-31-27(37)39-28(3,4)5)15-21(23)25(32-22)18-7-9-19(29)10-8-18/h7-12,15,22H,6,13-14,16H2,1-5H3,(H,30,36)(H,31,37). The number of aliphatic imine (C=N–C) groups is 1. The molecule has 11 heteroatoms. The Morgan fingerprint density at radius 2 is 1.82 bits per heavy atom. The molecule has 4 rings (SSSR count). The highest BCUT2D eigenvalue weighted by Crippen LogP contribution is 2.34. The summed E-state index contributed by atoms with van der Waals surface area (Å²) in [7, 11) is 0. The third kappa shape index (κ3) is 6.94. The van der Waals surface area contributed by atoms with Crippen LogP contribution in [0.3, 0.4) is 0 Å². The first-order valence-corrected chi connectivity index (χ1v) is 13.2. The van der Waals surface area contributed by atoms with Gasteiger partial charge >= 0.3 is 6.09 Å². The molecule has 2 heterocycles. The first-order chi connectivity index (χ1) is 18.6. The van der Waals surface area contributed by atoms with Gasteiger partial charge in [0.15, 0.2) is 5.82 Å². The van der Waals surface area contributed by atoms with Crippen LogP contribution in [0.2, 0.25) is 5.02 Å². The Hall–Kier alpha value is -3.92. The number of hydrogen-bond donors (Lipinski definition) is 2. The maximum Gasteiger partial charge on any atom is 0.407 e. The van der Waals surface area contributed by atoms with Crippen LogP contribution < -0.4 is 15.4 Å². The second kappa shape index (κ2) is 11.9. The number of amides is 2. The molecule has 3 aromatic rings. The molecule has 0 spiro atoms. The minimum atomic E-state index is -0.576. The number of aryl methyl sites for hydroxylation is 1. The molecule has 0 saturated heterocycles. The minimum absolute atomic E-state index is 0.122. The van der Waals surface area contributed by atoms with Crippen LogP contribution in [-0.4, -0.2) is 57.8 Å². The molecule has 10 nitrogen and oxygen atoms in total. The fourth-order valence-electron chi connectivity index (χ4n) is 4.22. The lowest BCUT2D eigenvalue weighted by Gasteiger charge is -2.19. The molecule has 1 unspecified atom stereocenters. The quantitative estimate of drug-likeness (QED) is 0.396. The Balaban J connectivity index is 1.68. The van der Waals surface area contributed by atoms with Crippen molar-refractivity contribution in [3.63, 3.8) is 0 Å². The van der Waals surface area contributed by atoms with Crippen molar-refractivity contribution in [3.8, 4) is 11.4 Å². The van der Waals surface area contributed by atoms with Crippen LogP contribution in [0.25, 0.3) is 5.69 Å². The molecule has 206 valence electrons. The van der Waals surface area contributed by atoms with Crippen LogP contribution in [-0.2, 0) is 9.53 Å². The van der Waals surface area contributed by atoms with Gasteiger partial charge in [0, 0.05) is 22.7 Å². The Kier molecular flexibility index (Phi) is 8.54. The van der Waals surface area contributed by atoms with Gasteiger partial charge in [-0.15, -0.1) is 10.2 Å². The smallest absolute Gasteiger partial charge is 0.407 e. The van der Waals surface area contributed by atoms with E-state index in [9.17, 15) is 9.59 Å².